The maximum Gasteiger partial charge on any atom is 0.119 e. The summed E-state index contributed by atoms with van der Waals surface area (Å²) in [7, 11) is 0.0325. The molecule has 0 fully saturated rings. The van der Waals surface area contributed by atoms with Crippen LogP contribution in [0.2, 0.25) is 18.1 Å². The predicted molar refractivity (Wildman–Crippen MR) is 60.8 cm³/mol. The molecule has 4 heteroatoms. The van der Waals surface area contributed by atoms with Crippen LogP contribution >= 0.6 is 0 Å². The summed E-state index contributed by atoms with van der Waals surface area (Å²) in [6.45, 7) is 6.43. The first-order chi connectivity index (χ1) is 6.07. The van der Waals surface area contributed by atoms with Crippen molar-refractivity contribution in [2.75, 3.05) is 7.05 Å². The summed E-state index contributed by atoms with van der Waals surface area (Å²) in [5.74, 6) is 0.414. The highest BCUT2D eigenvalue weighted by Crippen LogP contribution is 2.24. The van der Waals surface area contributed by atoms with Crippen LogP contribution in [0.25, 0.3) is 0 Å². The van der Waals surface area contributed by atoms with E-state index in [1.165, 1.54) is 0 Å². The van der Waals surface area contributed by atoms with Crippen LogP contribution in [-0.4, -0.2) is 31.8 Å². The second kappa shape index (κ2) is 5.39. The Balaban J connectivity index is 4.73. The third kappa shape index (κ3) is 2.54. The van der Waals surface area contributed by atoms with E-state index in [0.29, 0.717) is 5.84 Å². The van der Waals surface area contributed by atoms with E-state index in [1.807, 2.05) is 0 Å². The fraction of sp³-hybridized carbons (Fsp3) is 0.889. The predicted octanol–water partition coefficient (Wildman–Crippen LogP) is 1.38. The number of hydrogen-bond donors (Lipinski definition) is 2. The van der Waals surface area contributed by atoms with E-state index < -0.39 is 13.8 Å². The summed E-state index contributed by atoms with van der Waals surface area (Å²) in [5, 5.41) is 10.0. The average molecular weight is 202 g/mol. The molecule has 1 atom stereocenters. The van der Waals surface area contributed by atoms with Gasteiger partial charge in [0.2, 0.25) is 0 Å². The van der Waals surface area contributed by atoms with Crippen LogP contribution in [0.15, 0.2) is 4.99 Å². The summed E-state index contributed by atoms with van der Waals surface area (Å²) in [4.78, 5) is 3.88. The maximum absolute atomic E-state index is 10.0. The molecule has 0 bridgehead atoms. The second-order valence-electron chi connectivity index (χ2n) is 3.47. The molecule has 0 radical (unpaired) electrons. The molecule has 0 saturated carbocycles. The van der Waals surface area contributed by atoms with Crippen molar-refractivity contribution in [3.05, 3.63) is 0 Å². The van der Waals surface area contributed by atoms with Gasteiger partial charge in [0, 0.05) is 7.05 Å². The first kappa shape index (κ1) is 12.6. The third-order valence-corrected chi connectivity index (χ3v) is 8.91. The highest BCUT2D eigenvalue weighted by Gasteiger charge is 2.37. The zero-order valence-corrected chi connectivity index (χ0v) is 10.2. The van der Waals surface area contributed by atoms with Gasteiger partial charge >= 0.3 is 0 Å². The molecule has 3 N–H and O–H groups in total. The fourth-order valence-corrected chi connectivity index (χ4v) is 5.18. The summed E-state index contributed by atoms with van der Waals surface area (Å²) in [6, 6.07) is 3.20. The SMILES string of the molecule is CC[Si](CC)(CC)C(O)C(N)=NC. The van der Waals surface area contributed by atoms with Gasteiger partial charge in [0.05, 0.1) is 8.07 Å². The zero-order chi connectivity index (χ0) is 10.5. The Kier molecular flexibility index (Phi) is 5.25. The normalized spacial score (nSPS) is 15.9. The zero-order valence-electron chi connectivity index (χ0n) is 9.17. The van der Waals surface area contributed by atoms with Crippen molar-refractivity contribution in [2.45, 2.75) is 44.6 Å². The minimum Gasteiger partial charge on any atom is -0.389 e. The number of aliphatic hydroxyl groups is 1. The van der Waals surface area contributed by atoms with E-state index in [9.17, 15) is 5.11 Å². The summed E-state index contributed by atoms with van der Waals surface area (Å²) < 4.78 is 0. The highest BCUT2D eigenvalue weighted by molar-refractivity contribution is 6.83. The molecule has 13 heavy (non-hydrogen) atoms. The Morgan fingerprint density at radius 3 is 1.92 bits per heavy atom. The lowest BCUT2D eigenvalue weighted by Gasteiger charge is -2.32. The van der Waals surface area contributed by atoms with Gasteiger partial charge in [0.1, 0.15) is 11.6 Å². The monoisotopic (exact) mass is 202 g/mol. The van der Waals surface area contributed by atoms with Gasteiger partial charge in [-0.3, -0.25) is 4.99 Å². The number of nitrogens with two attached hydrogens (primary N) is 1. The average Bonchev–Trinajstić information content (AvgIpc) is 2.20. The van der Waals surface area contributed by atoms with E-state index in [1.54, 1.807) is 7.05 Å². The Hall–Kier alpha value is -0.353. The standard InChI is InChI=1S/C9H22N2OSi/c1-5-13(6-2,7-3)9(12)8(10)11-4/h9,12H,5-7H2,1-4H3,(H2,10,11). The lowest BCUT2D eigenvalue weighted by atomic mass is 10.6. The van der Waals surface area contributed by atoms with Crippen LogP contribution in [0.5, 0.6) is 0 Å². The molecule has 0 spiro atoms. The molecule has 0 rings (SSSR count). The van der Waals surface area contributed by atoms with Crippen molar-refractivity contribution in [1.82, 2.24) is 0 Å². The number of nitrogens with zero attached hydrogens (tertiary/aromatic N) is 1. The van der Waals surface area contributed by atoms with Crippen LogP contribution in [-0.2, 0) is 0 Å². The Morgan fingerprint density at radius 2 is 1.69 bits per heavy atom. The molecule has 1 unspecified atom stereocenters. The summed E-state index contributed by atoms with van der Waals surface area (Å²) in [5.41, 5.74) is 5.20. The number of hydrogen-bond acceptors (Lipinski definition) is 2. The van der Waals surface area contributed by atoms with Crippen molar-refractivity contribution < 1.29 is 5.11 Å². The smallest absolute Gasteiger partial charge is 0.119 e. The molecule has 0 heterocycles. The van der Waals surface area contributed by atoms with Gasteiger partial charge in [0.15, 0.2) is 0 Å². The lowest BCUT2D eigenvalue weighted by Crippen LogP contribution is -2.52. The molecule has 0 saturated heterocycles. The molecular weight excluding hydrogens is 180 g/mol. The van der Waals surface area contributed by atoms with Crippen molar-refractivity contribution in [1.29, 1.82) is 0 Å². The molecule has 0 aromatic heterocycles. The molecule has 0 amide bonds. The molecule has 0 aromatic rings. The van der Waals surface area contributed by atoms with Crippen molar-refractivity contribution >= 4 is 13.9 Å². The first-order valence-corrected chi connectivity index (χ1v) is 7.68. The largest absolute Gasteiger partial charge is 0.389 e. The van der Waals surface area contributed by atoms with Gasteiger partial charge in [-0.25, -0.2) is 0 Å². The third-order valence-electron chi connectivity index (χ3n) is 3.23. The van der Waals surface area contributed by atoms with Gasteiger partial charge in [-0.2, -0.15) is 0 Å². The molecule has 0 aliphatic carbocycles. The quantitative estimate of drug-likeness (QED) is 0.402. The Morgan fingerprint density at radius 1 is 1.31 bits per heavy atom. The van der Waals surface area contributed by atoms with Gasteiger partial charge in [-0.1, -0.05) is 38.9 Å². The molecule has 0 aliphatic rings. The molecule has 3 nitrogen and oxygen atoms in total. The van der Waals surface area contributed by atoms with Gasteiger partial charge in [-0.15, -0.1) is 0 Å². The van der Waals surface area contributed by atoms with Crippen LogP contribution in [0.4, 0.5) is 0 Å². The number of amidine groups is 1. The van der Waals surface area contributed by atoms with Gasteiger partial charge in [-0.05, 0) is 0 Å². The second-order valence-corrected chi connectivity index (χ2v) is 8.87. The van der Waals surface area contributed by atoms with Gasteiger partial charge < -0.3 is 10.8 Å². The van der Waals surface area contributed by atoms with Gasteiger partial charge in [0.25, 0.3) is 0 Å². The molecule has 0 aliphatic heterocycles. The molecule has 0 aromatic carbocycles. The summed E-state index contributed by atoms with van der Waals surface area (Å²) >= 11 is 0. The van der Waals surface area contributed by atoms with Crippen LogP contribution in [0.3, 0.4) is 0 Å². The lowest BCUT2D eigenvalue weighted by molar-refractivity contribution is 0.302. The number of aliphatic hydroxyl groups excluding tert-OH is 1. The van der Waals surface area contributed by atoms with Crippen molar-refractivity contribution in [3.8, 4) is 0 Å². The topological polar surface area (TPSA) is 58.6 Å². The van der Waals surface area contributed by atoms with Crippen molar-refractivity contribution in [3.63, 3.8) is 0 Å². The Labute approximate surface area is 82.1 Å². The number of aliphatic imine (C=N–C) groups is 1. The Bertz CT molecular complexity index is 170. The van der Waals surface area contributed by atoms with Crippen LogP contribution in [0.1, 0.15) is 20.8 Å². The highest BCUT2D eigenvalue weighted by atomic mass is 28.3. The maximum atomic E-state index is 10.0. The molecular formula is C9H22N2OSi. The van der Waals surface area contributed by atoms with E-state index in [0.717, 1.165) is 18.1 Å². The van der Waals surface area contributed by atoms with E-state index in [2.05, 4.69) is 25.8 Å². The van der Waals surface area contributed by atoms with Crippen molar-refractivity contribution in [2.24, 2.45) is 10.7 Å². The summed E-state index contributed by atoms with van der Waals surface area (Å²) in [6.07, 6.45) is 0. The fourth-order valence-electron chi connectivity index (χ4n) is 1.77. The van der Waals surface area contributed by atoms with Crippen LogP contribution in [0, 0.1) is 0 Å². The number of rotatable bonds is 5. The van der Waals surface area contributed by atoms with E-state index >= 15 is 0 Å². The van der Waals surface area contributed by atoms with Crippen LogP contribution < -0.4 is 5.73 Å². The first-order valence-electron chi connectivity index (χ1n) is 4.98. The van der Waals surface area contributed by atoms with E-state index in [-0.39, 0.29) is 0 Å². The van der Waals surface area contributed by atoms with E-state index in [4.69, 9.17) is 5.73 Å². The minimum absolute atomic E-state index is 0.414. The molecule has 78 valence electrons. The minimum atomic E-state index is -1.61.